The van der Waals surface area contributed by atoms with Crippen molar-refractivity contribution in [3.63, 3.8) is 0 Å². The standard InChI is InChI=1S/C57H40N4/c1-57(2)47-28-12-14-30-50(47)60(42-22-7-4-8-23-42)52-36-40(31-33-48(52)57)39-20-15-21-41(35-39)44-26-16-27-46-53-43-24-10-9-17-37(43)32-34-51(53)61(55(44)46)56-58-49-29-13-11-25-45(49)54(59-56)38-18-5-3-6-19-38/h3-36H,1-2H3. The lowest BCUT2D eigenvalue weighted by Crippen LogP contribution is -2.30. The molecule has 0 saturated carbocycles. The molecule has 0 bridgehead atoms. The molecular formula is C57H40N4. The van der Waals surface area contributed by atoms with Gasteiger partial charge >= 0.3 is 0 Å². The minimum atomic E-state index is -0.171. The Kier molecular flexibility index (Phi) is 7.85. The minimum absolute atomic E-state index is 0.171. The van der Waals surface area contributed by atoms with E-state index in [9.17, 15) is 0 Å². The van der Waals surface area contributed by atoms with E-state index in [1.807, 2.05) is 0 Å². The van der Waals surface area contributed by atoms with Gasteiger partial charge in [-0.1, -0.05) is 178 Å². The largest absolute Gasteiger partial charge is 0.310 e. The fourth-order valence-corrected chi connectivity index (χ4v) is 9.88. The maximum absolute atomic E-state index is 5.44. The summed E-state index contributed by atoms with van der Waals surface area (Å²) in [7, 11) is 0. The molecule has 9 aromatic carbocycles. The highest BCUT2D eigenvalue weighted by molar-refractivity contribution is 6.23. The van der Waals surface area contributed by atoms with Gasteiger partial charge in [0.05, 0.1) is 33.6 Å². The van der Waals surface area contributed by atoms with Crippen LogP contribution < -0.4 is 4.90 Å². The van der Waals surface area contributed by atoms with Crippen LogP contribution in [-0.4, -0.2) is 14.5 Å². The molecule has 1 aliphatic rings. The van der Waals surface area contributed by atoms with Gasteiger partial charge in [0.25, 0.3) is 0 Å². The summed E-state index contributed by atoms with van der Waals surface area (Å²) in [5, 5.41) is 5.80. The van der Waals surface area contributed by atoms with Gasteiger partial charge < -0.3 is 4.90 Å². The second kappa shape index (κ2) is 13.6. The highest BCUT2D eigenvalue weighted by Gasteiger charge is 2.37. The number of nitrogens with zero attached hydrogens (tertiary/aromatic N) is 4. The monoisotopic (exact) mass is 780 g/mol. The maximum Gasteiger partial charge on any atom is 0.235 e. The van der Waals surface area contributed by atoms with Gasteiger partial charge in [0, 0.05) is 38.4 Å². The van der Waals surface area contributed by atoms with Crippen LogP contribution in [0.2, 0.25) is 0 Å². The van der Waals surface area contributed by atoms with Crippen LogP contribution in [0, 0.1) is 0 Å². The summed E-state index contributed by atoms with van der Waals surface area (Å²) in [6, 6.07) is 74.3. The van der Waals surface area contributed by atoms with Gasteiger partial charge in [-0.05, 0) is 81.1 Å². The van der Waals surface area contributed by atoms with Crippen LogP contribution in [-0.2, 0) is 5.41 Å². The molecule has 3 heterocycles. The molecule has 0 amide bonds. The first-order chi connectivity index (χ1) is 30.0. The first-order valence-corrected chi connectivity index (χ1v) is 21.0. The Labute approximate surface area is 354 Å². The second-order valence-corrected chi connectivity index (χ2v) is 16.6. The second-order valence-electron chi connectivity index (χ2n) is 16.6. The Balaban J connectivity index is 1.09. The highest BCUT2D eigenvalue weighted by atomic mass is 15.2. The van der Waals surface area contributed by atoms with Gasteiger partial charge in [0.2, 0.25) is 5.95 Å². The molecule has 4 heteroatoms. The third kappa shape index (κ3) is 5.46. The summed E-state index contributed by atoms with van der Waals surface area (Å²) in [5.74, 6) is 0.648. The van der Waals surface area contributed by atoms with Crippen molar-refractivity contribution < 1.29 is 0 Å². The van der Waals surface area contributed by atoms with Crippen molar-refractivity contribution in [3.8, 4) is 39.5 Å². The lowest BCUT2D eigenvalue weighted by molar-refractivity contribution is 0.632. The van der Waals surface area contributed by atoms with E-state index in [1.165, 1.54) is 49.6 Å². The lowest BCUT2D eigenvalue weighted by Gasteiger charge is -2.42. The van der Waals surface area contributed by atoms with Gasteiger partial charge in [-0.25, -0.2) is 9.97 Å². The van der Waals surface area contributed by atoms with Crippen LogP contribution >= 0.6 is 0 Å². The molecule has 0 unspecified atom stereocenters. The third-order valence-corrected chi connectivity index (χ3v) is 12.8. The SMILES string of the molecule is CC1(C)c2ccccc2N(c2ccccc2)c2cc(-c3cccc(-c4cccc5c6c7ccccc7ccc6n(-c6nc(-c7ccccc7)c7ccccc7n6)c45)c3)ccc21. The topological polar surface area (TPSA) is 34.0 Å². The number of anilines is 3. The maximum atomic E-state index is 5.44. The summed E-state index contributed by atoms with van der Waals surface area (Å²) in [5.41, 5.74) is 15.6. The molecule has 288 valence electrons. The lowest BCUT2D eigenvalue weighted by atomic mass is 9.73. The Bertz CT molecular complexity index is 3510. The van der Waals surface area contributed by atoms with E-state index in [1.54, 1.807) is 0 Å². The number of fused-ring (bicyclic) bond motifs is 8. The Morgan fingerprint density at radius 2 is 1.10 bits per heavy atom. The zero-order valence-corrected chi connectivity index (χ0v) is 33.9. The fraction of sp³-hybridized carbons (Fsp3) is 0.0526. The van der Waals surface area contributed by atoms with Crippen LogP contribution in [0.25, 0.3) is 82.9 Å². The van der Waals surface area contributed by atoms with Gasteiger partial charge in [0.15, 0.2) is 0 Å². The molecular weight excluding hydrogens is 741 g/mol. The van der Waals surface area contributed by atoms with Crippen molar-refractivity contribution in [3.05, 3.63) is 217 Å². The minimum Gasteiger partial charge on any atom is -0.310 e. The van der Waals surface area contributed by atoms with E-state index >= 15 is 0 Å². The molecule has 0 saturated heterocycles. The number of rotatable bonds is 5. The molecule has 4 nitrogen and oxygen atoms in total. The molecule has 61 heavy (non-hydrogen) atoms. The number of hydrogen-bond acceptors (Lipinski definition) is 3. The van der Waals surface area contributed by atoms with Crippen molar-refractivity contribution >= 4 is 60.5 Å². The molecule has 0 N–H and O–H groups in total. The van der Waals surface area contributed by atoms with Gasteiger partial charge in [0.1, 0.15) is 0 Å². The van der Waals surface area contributed by atoms with Crippen molar-refractivity contribution in [2.75, 3.05) is 4.90 Å². The van der Waals surface area contributed by atoms with Crippen molar-refractivity contribution in [2.24, 2.45) is 0 Å². The molecule has 0 aliphatic carbocycles. The molecule has 0 fully saturated rings. The number of para-hydroxylation sites is 4. The van der Waals surface area contributed by atoms with Gasteiger partial charge in [-0.2, -0.15) is 0 Å². The average Bonchev–Trinajstić information content (AvgIpc) is 3.67. The van der Waals surface area contributed by atoms with Crippen LogP contribution in [0.4, 0.5) is 17.1 Å². The van der Waals surface area contributed by atoms with E-state index in [0.29, 0.717) is 5.95 Å². The van der Waals surface area contributed by atoms with Crippen LogP contribution in [0.15, 0.2) is 206 Å². The summed E-state index contributed by atoms with van der Waals surface area (Å²) >= 11 is 0. The number of aromatic nitrogens is 3. The van der Waals surface area contributed by atoms with Crippen LogP contribution in [0.3, 0.4) is 0 Å². The first kappa shape index (κ1) is 35.2. The molecule has 0 spiro atoms. The fourth-order valence-electron chi connectivity index (χ4n) is 9.88. The van der Waals surface area contributed by atoms with E-state index < -0.39 is 0 Å². The number of hydrogen-bond donors (Lipinski definition) is 0. The van der Waals surface area contributed by atoms with Gasteiger partial charge in [-0.15, -0.1) is 0 Å². The summed E-state index contributed by atoms with van der Waals surface area (Å²) in [6.07, 6.45) is 0. The predicted molar refractivity (Wildman–Crippen MR) is 255 cm³/mol. The van der Waals surface area contributed by atoms with Crippen molar-refractivity contribution in [2.45, 2.75) is 19.3 Å². The summed E-state index contributed by atoms with van der Waals surface area (Å²) in [4.78, 5) is 13.2. The van der Waals surface area contributed by atoms with Crippen LogP contribution in [0.5, 0.6) is 0 Å². The van der Waals surface area contributed by atoms with Crippen molar-refractivity contribution in [1.82, 2.24) is 14.5 Å². The predicted octanol–water partition coefficient (Wildman–Crippen LogP) is 15.0. The molecule has 12 rings (SSSR count). The molecule has 0 atom stereocenters. The zero-order chi connectivity index (χ0) is 40.7. The third-order valence-electron chi connectivity index (χ3n) is 12.8. The average molecular weight is 781 g/mol. The first-order valence-electron chi connectivity index (χ1n) is 21.0. The molecule has 11 aromatic rings. The molecule has 2 aromatic heterocycles. The number of benzene rings is 9. The summed E-state index contributed by atoms with van der Waals surface area (Å²) < 4.78 is 2.30. The normalized spacial score (nSPS) is 13.2. The Hall–Kier alpha value is -7.82. The molecule has 1 aliphatic heterocycles. The summed E-state index contributed by atoms with van der Waals surface area (Å²) in [6.45, 7) is 4.69. The molecule has 0 radical (unpaired) electrons. The van der Waals surface area contributed by atoms with Crippen molar-refractivity contribution in [1.29, 1.82) is 0 Å². The Morgan fingerprint density at radius 3 is 1.97 bits per heavy atom. The smallest absolute Gasteiger partial charge is 0.235 e. The Morgan fingerprint density at radius 1 is 0.443 bits per heavy atom. The van der Waals surface area contributed by atoms with E-state index in [2.05, 4.69) is 230 Å². The van der Waals surface area contributed by atoms with E-state index in [-0.39, 0.29) is 5.41 Å². The van der Waals surface area contributed by atoms with Gasteiger partial charge in [-0.3, -0.25) is 4.57 Å². The van der Waals surface area contributed by atoms with Crippen LogP contribution in [0.1, 0.15) is 25.0 Å². The highest BCUT2D eigenvalue weighted by Crippen LogP contribution is 2.53. The quantitative estimate of drug-likeness (QED) is 0.174. The zero-order valence-electron chi connectivity index (χ0n) is 33.9. The van der Waals surface area contributed by atoms with E-state index in [4.69, 9.17) is 9.97 Å². The van der Waals surface area contributed by atoms with E-state index in [0.717, 1.165) is 55.6 Å².